The van der Waals surface area contributed by atoms with Crippen LogP contribution in [0.25, 0.3) is 0 Å². The van der Waals surface area contributed by atoms with Gasteiger partial charge in [0.05, 0.1) is 25.9 Å². The summed E-state index contributed by atoms with van der Waals surface area (Å²) in [6.45, 7) is 2.67. The van der Waals surface area contributed by atoms with E-state index in [-0.39, 0.29) is 6.03 Å². The highest BCUT2D eigenvalue weighted by molar-refractivity contribution is 5.89. The van der Waals surface area contributed by atoms with Gasteiger partial charge in [-0.25, -0.2) is 4.79 Å². The zero-order chi connectivity index (χ0) is 19.2. The van der Waals surface area contributed by atoms with Gasteiger partial charge in [-0.2, -0.15) is 5.26 Å². The molecule has 2 aromatic rings. The second-order valence-electron chi connectivity index (χ2n) is 6.14. The van der Waals surface area contributed by atoms with Crippen molar-refractivity contribution in [2.45, 2.75) is 0 Å². The molecule has 1 heterocycles. The summed E-state index contributed by atoms with van der Waals surface area (Å²) in [7, 11) is 3.23. The van der Waals surface area contributed by atoms with Crippen LogP contribution in [-0.4, -0.2) is 51.3 Å². The molecule has 1 N–H and O–H groups in total. The molecule has 7 nitrogen and oxygen atoms in total. The molecule has 0 bridgehead atoms. The lowest BCUT2D eigenvalue weighted by Gasteiger charge is -2.36. The average molecular weight is 366 g/mol. The fourth-order valence-corrected chi connectivity index (χ4v) is 3.06. The van der Waals surface area contributed by atoms with E-state index < -0.39 is 0 Å². The van der Waals surface area contributed by atoms with Crippen molar-refractivity contribution in [3.8, 4) is 17.6 Å². The zero-order valence-electron chi connectivity index (χ0n) is 15.4. The third-order valence-corrected chi connectivity index (χ3v) is 4.54. The number of ether oxygens (including phenoxy) is 2. The van der Waals surface area contributed by atoms with Crippen LogP contribution >= 0.6 is 0 Å². The van der Waals surface area contributed by atoms with Crippen molar-refractivity contribution in [3.63, 3.8) is 0 Å². The SMILES string of the molecule is COc1ccc(N2CCN(C(=O)Nc3cccc(C#N)c3)CC2)cc1OC. The number of piperazine rings is 1. The van der Waals surface area contributed by atoms with Crippen LogP contribution in [0.2, 0.25) is 0 Å². The van der Waals surface area contributed by atoms with Gasteiger partial charge in [0, 0.05) is 43.6 Å². The first-order chi connectivity index (χ1) is 13.1. The molecule has 27 heavy (non-hydrogen) atoms. The lowest BCUT2D eigenvalue weighted by Crippen LogP contribution is -2.50. The van der Waals surface area contributed by atoms with Crippen molar-refractivity contribution >= 4 is 17.4 Å². The van der Waals surface area contributed by atoms with Crippen LogP contribution in [0.5, 0.6) is 11.5 Å². The van der Waals surface area contributed by atoms with E-state index in [1.54, 1.807) is 43.4 Å². The maximum atomic E-state index is 12.5. The molecule has 2 aromatic carbocycles. The Morgan fingerprint density at radius 1 is 1.04 bits per heavy atom. The molecule has 1 aliphatic rings. The summed E-state index contributed by atoms with van der Waals surface area (Å²) in [4.78, 5) is 16.5. The molecule has 140 valence electrons. The summed E-state index contributed by atoms with van der Waals surface area (Å²) >= 11 is 0. The molecule has 7 heteroatoms. The molecule has 0 atom stereocenters. The number of nitrogens with zero attached hydrogens (tertiary/aromatic N) is 3. The van der Waals surface area contributed by atoms with E-state index in [1.165, 1.54) is 0 Å². The van der Waals surface area contributed by atoms with Gasteiger partial charge in [-0.1, -0.05) is 6.07 Å². The average Bonchev–Trinajstić information content (AvgIpc) is 2.73. The number of methoxy groups -OCH3 is 2. The van der Waals surface area contributed by atoms with Gasteiger partial charge in [-0.15, -0.1) is 0 Å². The fourth-order valence-electron chi connectivity index (χ4n) is 3.06. The highest BCUT2D eigenvalue weighted by atomic mass is 16.5. The highest BCUT2D eigenvalue weighted by Gasteiger charge is 2.22. The molecule has 1 fully saturated rings. The number of urea groups is 1. The Bertz CT molecular complexity index is 855. The Morgan fingerprint density at radius 2 is 1.78 bits per heavy atom. The van der Waals surface area contributed by atoms with Crippen molar-refractivity contribution in [2.24, 2.45) is 0 Å². The molecule has 0 spiro atoms. The summed E-state index contributed by atoms with van der Waals surface area (Å²) in [5.74, 6) is 1.38. The number of hydrogen-bond acceptors (Lipinski definition) is 5. The monoisotopic (exact) mass is 366 g/mol. The van der Waals surface area contributed by atoms with Crippen LogP contribution < -0.4 is 19.7 Å². The van der Waals surface area contributed by atoms with E-state index in [2.05, 4.69) is 16.3 Å². The third kappa shape index (κ3) is 4.23. The molecule has 2 amide bonds. The quantitative estimate of drug-likeness (QED) is 0.900. The predicted molar refractivity (Wildman–Crippen MR) is 104 cm³/mol. The lowest BCUT2D eigenvalue weighted by molar-refractivity contribution is 0.208. The molecule has 0 unspecified atom stereocenters. The molecular weight excluding hydrogens is 344 g/mol. The Morgan fingerprint density at radius 3 is 2.44 bits per heavy atom. The topological polar surface area (TPSA) is 77.8 Å². The van der Waals surface area contributed by atoms with E-state index in [4.69, 9.17) is 14.7 Å². The van der Waals surface area contributed by atoms with Gasteiger partial charge in [-0.3, -0.25) is 0 Å². The largest absolute Gasteiger partial charge is 0.493 e. The lowest BCUT2D eigenvalue weighted by atomic mass is 10.2. The molecule has 1 saturated heterocycles. The van der Waals surface area contributed by atoms with Crippen LogP contribution in [0, 0.1) is 11.3 Å². The number of carbonyl (C=O) groups excluding carboxylic acids is 1. The molecule has 0 aromatic heterocycles. The minimum atomic E-state index is -0.156. The predicted octanol–water partition coefficient (Wildman–Crippen LogP) is 2.93. The minimum absolute atomic E-state index is 0.156. The summed E-state index contributed by atoms with van der Waals surface area (Å²) in [6, 6.07) is 14.6. The Kier molecular flexibility index (Phi) is 5.67. The molecule has 0 radical (unpaired) electrons. The van der Waals surface area contributed by atoms with E-state index in [0.29, 0.717) is 35.8 Å². The van der Waals surface area contributed by atoms with Crippen LogP contribution in [0.3, 0.4) is 0 Å². The number of amides is 2. The number of nitriles is 1. The first-order valence-electron chi connectivity index (χ1n) is 8.67. The molecule has 0 saturated carbocycles. The number of rotatable bonds is 4. The minimum Gasteiger partial charge on any atom is -0.493 e. The van der Waals surface area contributed by atoms with Crippen molar-refractivity contribution in [1.82, 2.24) is 4.90 Å². The van der Waals surface area contributed by atoms with Gasteiger partial charge in [0.1, 0.15) is 0 Å². The molecular formula is C20H22N4O3. The summed E-state index contributed by atoms with van der Waals surface area (Å²) in [5, 5.41) is 11.8. The molecule has 3 rings (SSSR count). The summed E-state index contributed by atoms with van der Waals surface area (Å²) < 4.78 is 10.6. The maximum Gasteiger partial charge on any atom is 0.321 e. The number of nitrogens with one attached hydrogen (secondary N) is 1. The van der Waals surface area contributed by atoms with Crippen molar-refractivity contribution in [1.29, 1.82) is 5.26 Å². The van der Waals surface area contributed by atoms with Crippen molar-refractivity contribution < 1.29 is 14.3 Å². The standard InChI is InChI=1S/C20H22N4O3/c1-26-18-7-6-17(13-19(18)27-2)23-8-10-24(11-9-23)20(25)22-16-5-3-4-15(12-16)14-21/h3-7,12-13H,8-11H2,1-2H3,(H,22,25). The van der Waals surface area contributed by atoms with Crippen LogP contribution in [-0.2, 0) is 0 Å². The van der Waals surface area contributed by atoms with Gasteiger partial charge >= 0.3 is 6.03 Å². The normalized spacial score (nSPS) is 13.7. The maximum absolute atomic E-state index is 12.5. The fraction of sp³-hybridized carbons (Fsp3) is 0.300. The molecule has 1 aliphatic heterocycles. The number of hydrogen-bond donors (Lipinski definition) is 1. The van der Waals surface area contributed by atoms with Gasteiger partial charge in [0.25, 0.3) is 0 Å². The van der Waals surface area contributed by atoms with Gasteiger partial charge < -0.3 is 24.6 Å². The number of benzene rings is 2. The highest BCUT2D eigenvalue weighted by Crippen LogP contribution is 2.31. The summed E-state index contributed by atoms with van der Waals surface area (Å²) in [6.07, 6.45) is 0. The Hall–Kier alpha value is -3.40. The van der Waals surface area contributed by atoms with Crippen LogP contribution in [0.15, 0.2) is 42.5 Å². The number of anilines is 2. The number of carbonyl (C=O) groups is 1. The van der Waals surface area contributed by atoms with Gasteiger partial charge in [0.15, 0.2) is 11.5 Å². The third-order valence-electron chi connectivity index (χ3n) is 4.54. The van der Waals surface area contributed by atoms with Crippen LogP contribution in [0.1, 0.15) is 5.56 Å². The van der Waals surface area contributed by atoms with Gasteiger partial charge in [0.2, 0.25) is 0 Å². The van der Waals surface area contributed by atoms with Crippen molar-refractivity contribution in [3.05, 3.63) is 48.0 Å². The summed E-state index contributed by atoms with van der Waals surface area (Å²) in [5.41, 5.74) is 2.18. The van der Waals surface area contributed by atoms with E-state index in [0.717, 1.165) is 18.8 Å². The first-order valence-corrected chi connectivity index (χ1v) is 8.67. The second kappa shape index (κ2) is 8.32. The Balaban J connectivity index is 1.60. The van der Waals surface area contributed by atoms with Crippen molar-refractivity contribution in [2.75, 3.05) is 50.6 Å². The van der Waals surface area contributed by atoms with Gasteiger partial charge in [-0.05, 0) is 30.3 Å². The first kappa shape index (κ1) is 18.4. The Labute approximate surface area is 158 Å². The van der Waals surface area contributed by atoms with E-state index >= 15 is 0 Å². The van der Waals surface area contributed by atoms with E-state index in [1.807, 2.05) is 18.2 Å². The zero-order valence-corrected chi connectivity index (χ0v) is 15.4. The smallest absolute Gasteiger partial charge is 0.321 e. The second-order valence-corrected chi connectivity index (χ2v) is 6.14. The van der Waals surface area contributed by atoms with E-state index in [9.17, 15) is 4.79 Å². The van der Waals surface area contributed by atoms with Crippen LogP contribution in [0.4, 0.5) is 16.2 Å². The molecule has 0 aliphatic carbocycles.